The molecule has 158 valence electrons. The first-order valence-electron chi connectivity index (χ1n) is 9.09. The average molecular weight is 442 g/mol. The Balaban J connectivity index is 1.52. The van der Waals surface area contributed by atoms with Crippen LogP contribution in [-0.4, -0.2) is 22.2 Å². The van der Waals surface area contributed by atoms with E-state index in [4.69, 9.17) is 30.0 Å². The second-order valence-electron chi connectivity index (χ2n) is 6.55. The van der Waals surface area contributed by atoms with E-state index in [1.165, 1.54) is 13.2 Å². The molecule has 0 saturated heterocycles. The van der Waals surface area contributed by atoms with Gasteiger partial charge >= 0.3 is 5.69 Å². The summed E-state index contributed by atoms with van der Waals surface area (Å²) in [5.74, 6) is 1.91. The van der Waals surface area contributed by atoms with Crippen LogP contribution in [0, 0.1) is 17.0 Å². The van der Waals surface area contributed by atoms with Gasteiger partial charge in [0.15, 0.2) is 11.5 Å². The summed E-state index contributed by atoms with van der Waals surface area (Å²) in [5.41, 5.74) is 1.23. The van der Waals surface area contributed by atoms with Crippen molar-refractivity contribution in [3.05, 3.63) is 75.0 Å². The first-order valence-corrected chi connectivity index (χ1v) is 9.47. The van der Waals surface area contributed by atoms with Gasteiger partial charge in [0.25, 0.3) is 5.89 Å². The molecule has 2 heterocycles. The van der Waals surface area contributed by atoms with Crippen LogP contribution in [0.4, 0.5) is 5.69 Å². The number of benzene rings is 2. The SMILES string of the molecule is COc1ccc(Cl)cc1-c1noc(-c2ccc(COc3ccc(C)cc3[N+](=O)[O-])o2)n1. The van der Waals surface area contributed by atoms with Crippen LogP contribution < -0.4 is 9.47 Å². The minimum atomic E-state index is -0.486. The van der Waals surface area contributed by atoms with E-state index in [9.17, 15) is 10.1 Å². The standard InChI is InChI=1S/C21H16ClN3O6/c1-12-3-6-18(16(9-12)25(26)27)29-11-14-5-8-19(30-14)21-23-20(24-31-21)15-10-13(22)4-7-17(15)28-2/h3-10H,11H2,1-2H3. The Labute approximate surface area is 181 Å². The summed E-state index contributed by atoms with van der Waals surface area (Å²) in [6.07, 6.45) is 0. The van der Waals surface area contributed by atoms with E-state index in [1.54, 1.807) is 49.4 Å². The van der Waals surface area contributed by atoms with Gasteiger partial charge in [-0.15, -0.1) is 0 Å². The van der Waals surface area contributed by atoms with Gasteiger partial charge in [-0.25, -0.2) is 0 Å². The van der Waals surface area contributed by atoms with Gasteiger partial charge in [0.05, 0.1) is 17.6 Å². The van der Waals surface area contributed by atoms with E-state index in [2.05, 4.69) is 10.1 Å². The molecular formula is C21H16ClN3O6. The van der Waals surface area contributed by atoms with E-state index < -0.39 is 4.92 Å². The number of nitrogens with zero attached hydrogens (tertiary/aromatic N) is 3. The summed E-state index contributed by atoms with van der Waals surface area (Å²) in [7, 11) is 1.53. The van der Waals surface area contributed by atoms with E-state index in [1.807, 2.05) is 0 Å². The number of aryl methyl sites for hydroxylation is 1. The van der Waals surface area contributed by atoms with Gasteiger partial charge < -0.3 is 18.4 Å². The Morgan fingerprint density at radius 1 is 1.13 bits per heavy atom. The molecule has 4 rings (SSSR count). The minimum Gasteiger partial charge on any atom is -0.496 e. The molecule has 0 aliphatic heterocycles. The minimum absolute atomic E-state index is 0.00693. The molecule has 2 aromatic carbocycles. The molecule has 0 atom stereocenters. The first-order chi connectivity index (χ1) is 14.9. The number of nitro benzene ring substituents is 1. The smallest absolute Gasteiger partial charge is 0.311 e. The van der Waals surface area contributed by atoms with Crippen molar-refractivity contribution in [3.8, 4) is 34.5 Å². The van der Waals surface area contributed by atoms with E-state index in [-0.39, 0.29) is 23.9 Å². The fourth-order valence-electron chi connectivity index (χ4n) is 2.90. The molecule has 0 bridgehead atoms. The van der Waals surface area contributed by atoms with E-state index in [0.29, 0.717) is 33.7 Å². The Kier molecular flexibility index (Phi) is 5.59. The fourth-order valence-corrected chi connectivity index (χ4v) is 3.07. The highest BCUT2D eigenvalue weighted by Gasteiger charge is 2.19. The quantitative estimate of drug-likeness (QED) is 0.274. The zero-order valence-electron chi connectivity index (χ0n) is 16.5. The maximum atomic E-state index is 11.2. The maximum Gasteiger partial charge on any atom is 0.311 e. The van der Waals surface area contributed by atoms with Crippen LogP contribution in [0.1, 0.15) is 11.3 Å². The molecule has 2 aromatic heterocycles. The zero-order chi connectivity index (χ0) is 22.0. The molecule has 4 aromatic rings. The van der Waals surface area contributed by atoms with Crippen molar-refractivity contribution in [2.24, 2.45) is 0 Å². The van der Waals surface area contributed by atoms with Crippen molar-refractivity contribution < 1.29 is 23.3 Å². The number of rotatable bonds is 7. The second-order valence-corrected chi connectivity index (χ2v) is 6.99. The van der Waals surface area contributed by atoms with Gasteiger partial charge in [-0.1, -0.05) is 22.8 Å². The average Bonchev–Trinajstić information content (AvgIpc) is 3.42. The van der Waals surface area contributed by atoms with Crippen LogP contribution in [0.15, 0.2) is 57.5 Å². The lowest BCUT2D eigenvalue weighted by molar-refractivity contribution is -0.386. The van der Waals surface area contributed by atoms with Crippen LogP contribution in [0.25, 0.3) is 23.0 Å². The van der Waals surface area contributed by atoms with Crippen molar-refractivity contribution in [2.75, 3.05) is 7.11 Å². The molecule has 0 N–H and O–H groups in total. The van der Waals surface area contributed by atoms with Gasteiger partial charge in [-0.3, -0.25) is 10.1 Å². The second kappa shape index (κ2) is 8.49. The van der Waals surface area contributed by atoms with Crippen molar-refractivity contribution in [1.29, 1.82) is 0 Å². The highest BCUT2D eigenvalue weighted by atomic mass is 35.5. The van der Waals surface area contributed by atoms with Crippen LogP contribution in [0.3, 0.4) is 0 Å². The Morgan fingerprint density at radius 2 is 1.94 bits per heavy atom. The highest BCUT2D eigenvalue weighted by Crippen LogP contribution is 2.33. The number of halogens is 1. The predicted octanol–water partition coefficient (Wildman–Crippen LogP) is 5.45. The van der Waals surface area contributed by atoms with Gasteiger partial charge in [0.2, 0.25) is 5.82 Å². The molecule has 10 heteroatoms. The summed E-state index contributed by atoms with van der Waals surface area (Å²) in [6.45, 7) is 1.76. The molecule has 0 amide bonds. The van der Waals surface area contributed by atoms with Crippen molar-refractivity contribution >= 4 is 17.3 Å². The number of furan rings is 1. The van der Waals surface area contributed by atoms with Crippen LogP contribution >= 0.6 is 11.6 Å². The molecule has 0 fully saturated rings. The Bertz CT molecular complexity index is 1250. The fraction of sp³-hybridized carbons (Fsp3) is 0.143. The number of hydrogen-bond acceptors (Lipinski definition) is 8. The Hall–Kier alpha value is -3.85. The number of methoxy groups -OCH3 is 1. The van der Waals surface area contributed by atoms with E-state index >= 15 is 0 Å². The van der Waals surface area contributed by atoms with Gasteiger partial charge in [-0.05, 0) is 48.9 Å². The zero-order valence-corrected chi connectivity index (χ0v) is 17.3. The molecule has 9 nitrogen and oxygen atoms in total. The number of hydrogen-bond donors (Lipinski definition) is 0. The lowest BCUT2D eigenvalue weighted by atomic mass is 10.2. The molecule has 0 spiro atoms. The van der Waals surface area contributed by atoms with Crippen molar-refractivity contribution in [1.82, 2.24) is 10.1 Å². The third kappa shape index (κ3) is 4.36. The van der Waals surface area contributed by atoms with Crippen molar-refractivity contribution in [3.63, 3.8) is 0 Å². The maximum absolute atomic E-state index is 11.2. The van der Waals surface area contributed by atoms with Crippen LogP contribution in [0.2, 0.25) is 5.02 Å². The lowest BCUT2D eigenvalue weighted by Crippen LogP contribution is -1.98. The van der Waals surface area contributed by atoms with Gasteiger partial charge in [0, 0.05) is 11.1 Å². The molecule has 31 heavy (non-hydrogen) atoms. The Morgan fingerprint density at radius 3 is 2.71 bits per heavy atom. The largest absolute Gasteiger partial charge is 0.496 e. The first kappa shape index (κ1) is 20.4. The summed E-state index contributed by atoms with van der Waals surface area (Å²) in [5, 5.41) is 15.7. The van der Waals surface area contributed by atoms with Crippen molar-refractivity contribution in [2.45, 2.75) is 13.5 Å². The summed E-state index contributed by atoms with van der Waals surface area (Å²) < 4.78 is 21.9. The molecule has 0 aliphatic rings. The van der Waals surface area contributed by atoms with Crippen LogP contribution in [0.5, 0.6) is 11.5 Å². The third-order valence-corrected chi connectivity index (χ3v) is 4.62. The lowest BCUT2D eigenvalue weighted by Gasteiger charge is -2.05. The monoisotopic (exact) mass is 441 g/mol. The molecule has 0 aliphatic carbocycles. The number of nitro groups is 1. The molecule has 0 radical (unpaired) electrons. The highest BCUT2D eigenvalue weighted by molar-refractivity contribution is 6.30. The van der Waals surface area contributed by atoms with E-state index in [0.717, 1.165) is 5.56 Å². The number of aromatic nitrogens is 2. The van der Waals surface area contributed by atoms with Crippen LogP contribution in [-0.2, 0) is 6.61 Å². The number of ether oxygens (including phenoxy) is 2. The summed E-state index contributed by atoms with van der Waals surface area (Å²) in [4.78, 5) is 15.1. The topological polar surface area (TPSA) is 114 Å². The van der Waals surface area contributed by atoms with Gasteiger partial charge in [-0.2, -0.15) is 4.98 Å². The molecular weight excluding hydrogens is 426 g/mol. The predicted molar refractivity (Wildman–Crippen MR) is 111 cm³/mol. The normalized spacial score (nSPS) is 10.8. The summed E-state index contributed by atoms with van der Waals surface area (Å²) in [6, 6.07) is 13.1. The molecule has 0 unspecified atom stereocenters. The molecule has 0 saturated carbocycles. The van der Waals surface area contributed by atoms with Gasteiger partial charge in [0.1, 0.15) is 18.1 Å². The summed E-state index contributed by atoms with van der Waals surface area (Å²) >= 11 is 6.06. The third-order valence-electron chi connectivity index (χ3n) is 4.38.